The number of halogens is 1. The van der Waals surface area contributed by atoms with Crippen LogP contribution >= 0.6 is 15.9 Å². The summed E-state index contributed by atoms with van der Waals surface area (Å²) in [4.78, 5) is 17.4. The van der Waals surface area contributed by atoms with Crippen LogP contribution in [-0.4, -0.2) is 47.9 Å². The Morgan fingerprint density at radius 3 is 2.58 bits per heavy atom. The third-order valence-electron chi connectivity index (χ3n) is 5.54. The number of rotatable bonds is 2. The summed E-state index contributed by atoms with van der Waals surface area (Å²) in [7, 11) is 0. The first-order valence-electron chi connectivity index (χ1n) is 8.85. The molecule has 1 aromatic heterocycles. The number of furan rings is 1. The number of aryl methyl sites for hydroxylation is 1. The molecule has 1 saturated heterocycles. The van der Waals surface area contributed by atoms with Crippen molar-refractivity contribution in [3.8, 4) is 0 Å². The van der Waals surface area contributed by atoms with Crippen LogP contribution in [0.25, 0.3) is 11.0 Å². The Kier molecular flexibility index (Phi) is 4.39. The van der Waals surface area contributed by atoms with Gasteiger partial charge in [0, 0.05) is 47.6 Å². The van der Waals surface area contributed by atoms with E-state index in [1.165, 1.54) is 25.7 Å². The van der Waals surface area contributed by atoms with Gasteiger partial charge in [0.1, 0.15) is 5.58 Å². The van der Waals surface area contributed by atoms with Crippen molar-refractivity contribution in [3.63, 3.8) is 0 Å². The van der Waals surface area contributed by atoms with E-state index in [0.717, 1.165) is 53.2 Å². The predicted molar refractivity (Wildman–Crippen MR) is 98.4 cm³/mol. The summed E-state index contributed by atoms with van der Waals surface area (Å²) in [6.07, 6.45) is 5.37. The van der Waals surface area contributed by atoms with Crippen molar-refractivity contribution in [1.29, 1.82) is 0 Å². The van der Waals surface area contributed by atoms with Gasteiger partial charge in [-0.25, -0.2) is 0 Å². The fourth-order valence-corrected chi connectivity index (χ4v) is 4.46. The molecular weight excluding hydrogens is 368 g/mol. The molecule has 4 rings (SSSR count). The van der Waals surface area contributed by atoms with Crippen LogP contribution in [0, 0.1) is 6.92 Å². The minimum absolute atomic E-state index is 0.0332. The molecule has 0 bridgehead atoms. The molecule has 1 amide bonds. The molecule has 2 aromatic rings. The topological polar surface area (TPSA) is 36.7 Å². The molecular formula is C19H23BrN2O2. The highest BCUT2D eigenvalue weighted by Crippen LogP contribution is 2.29. The number of benzene rings is 1. The van der Waals surface area contributed by atoms with Crippen LogP contribution in [0.3, 0.4) is 0 Å². The van der Waals surface area contributed by atoms with E-state index in [-0.39, 0.29) is 5.91 Å². The summed E-state index contributed by atoms with van der Waals surface area (Å²) in [5.41, 5.74) is 1.72. The van der Waals surface area contributed by atoms with E-state index >= 15 is 0 Å². The Morgan fingerprint density at radius 1 is 1.17 bits per heavy atom. The van der Waals surface area contributed by atoms with Gasteiger partial charge in [-0.15, -0.1) is 0 Å². The summed E-state index contributed by atoms with van der Waals surface area (Å²) in [5, 5.41) is 1.01. The molecule has 2 fully saturated rings. The molecule has 5 heteroatoms. The summed E-state index contributed by atoms with van der Waals surface area (Å²) in [6.45, 7) is 5.55. The van der Waals surface area contributed by atoms with Crippen LogP contribution < -0.4 is 0 Å². The van der Waals surface area contributed by atoms with E-state index in [9.17, 15) is 4.79 Å². The third kappa shape index (κ3) is 2.88. The first-order chi connectivity index (χ1) is 11.6. The van der Waals surface area contributed by atoms with Crippen LogP contribution in [0.5, 0.6) is 0 Å². The zero-order chi connectivity index (χ0) is 16.7. The van der Waals surface area contributed by atoms with Crippen LogP contribution in [0.1, 0.15) is 41.8 Å². The highest BCUT2D eigenvalue weighted by atomic mass is 79.9. The molecule has 128 valence electrons. The molecule has 1 aliphatic heterocycles. The second kappa shape index (κ2) is 6.52. The van der Waals surface area contributed by atoms with Crippen molar-refractivity contribution in [2.75, 3.05) is 26.2 Å². The standard InChI is InChI=1S/C19H23BrN2O2/c1-13-16-12-14(20)6-7-17(16)24-18(13)19(23)22-10-8-21(9-11-22)15-4-2-3-5-15/h6-7,12,15H,2-5,8-11H2,1H3. The number of hydrogen-bond donors (Lipinski definition) is 0. The smallest absolute Gasteiger partial charge is 0.289 e. The highest BCUT2D eigenvalue weighted by molar-refractivity contribution is 9.10. The number of piperazine rings is 1. The van der Waals surface area contributed by atoms with Gasteiger partial charge in [0.05, 0.1) is 0 Å². The van der Waals surface area contributed by atoms with Gasteiger partial charge in [-0.05, 0) is 38.0 Å². The van der Waals surface area contributed by atoms with E-state index in [0.29, 0.717) is 5.76 Å². The second-order valence-electron chi connectivity index (χ2n) is 6.96. The van der Waals surface area contributed by atoms with Gasteiger partial charge >= 0.3 is 0 Å². The summed E-state index contributed by atoms with van der Waals surface area (Å²) in [6, 6.07) is 6.62. The quantitative estimate of drug-likeness (QED) is 0.770. The average Bonchev–Trinajstić information content (AvgIpc) is 3.24. The molecule has 0 spiro atoms. The zero-order valence-corrected chi connectivity index (χ0v) is 15.6. The van der Waals surface area contributed by atoms with Gasteiger partial charge in [-0.2, -0.15) is 0 Å². The minimum atomic E-state index is 0.0332. The summed E-state index contributed by atoms with van der Waals surface area (Å²) in [5.74, 6) is 0.531. The van der Waals surface area contributed by atoms with Crippen molar-refractivity contribution in [1.82, 2.24) is 9.80 Å². The normalized spacial score (nSPS) is 20.2. The number of hydrogen-bond acceptors (Lipinski definition) is 3. The maximum atomic E-state index is 12.9. The lowest BCUT2D eigenvalue weighted by Gasteiger charge is -2.37. The molecule has 0 unspecified atom stereocenters. The molecule has 2 heterocycles. The van der Waals surface area contributed by atoms with Gasteiger partial charge in [-0.1, -0.05) is 28.8 Å². The van der Waals surface area contributed by atoms with E-state index < -0.39 is 0 Å². The fourth-order valence-electron chi connectivity index (χ4n) is 4.10. The van der Waals surface area contributed by atoms with Crippen LogP contribution in [0.4, 0.5) is 0 Å². The van der Waals surface area contributed by atoms with Crippen molar-refractivity contribution in [3.05, 3.63) is 34.0 Å². The SMILES string of the molecule is Cc1c(C(=O)N2CCN(C3CCCC3)CC2)oc2ccc(Br)cc12. The Balaban J connectivity index is 1.49. The Bertz CT molecular complexity index is 756. The molecule has 0 N–H and O–H groups in total. The number of carbonyl (C=O) groups excluding carboxylic acids is 1. The van der Waals surface area contributed by atoms with Gasteiger partial charge in [0.15, 0.2) is 5.76 Å². The maximum Gasteiger partial charge on any atom is 0.289 e. The molecule has 0 atom stereocenters. The lowest BCUT2D eigenvalue weighted by Crippen LogP contribution is -2.51. The number of carbonyl (C=O) groups is 1. The zero-order valence-electron chi connectivity index (χ0n) is 14.1. The van der Waals surface area contributed by atoms with Crippen LogP contribution in [0.2, 0.25) is 0 Å². The second-order valence-corrected chi connectivity index (χ2v) is 7.88. The summed E-state index contributed by atoms with van der Waals surface area (Å²) < 4.78 is 6.87. The van der Waals surface area contributed by atoms with Crippen molar-refractivity contribution < 1.29 is 9.21 Å². The monoisotopic (exact) mass is 390 g/mol. The minimum Gasteiger partial charge on any atom is -0.451 e. The molecule has 1 aliphatic carbocycles. The van der Waals surface area contributed by atoms with E-state index in [4.69, 9.17) is 4.42 Å². The lowest BCUT2D eigenvalue weighted by molar-refractivity contribution is 0.0546. The van der Waals surface area contributed by atoms with Crippen molar-refractivity contribution in [2.24, 2.45) is 0 Å². The summed E-state index contributed by atoms with van der Waals surface area (Å²) >= 11 is 3.49. The van der Waals surface area contributed by atoms with Gasteiger partial charge in [0.2, 0.25) is 0 Å². The molecule has 4 nitrogen and oxygen atoms in total. The van der Waals surface area contributed by atoms with Gasteiger partial charge < -0.3 is 9.32 Å². The first-order valence-corrected chi connectivity index (χ1v) is 9.65. The Labute approximate surface area is 150 Å². The maximum absolute atomic E-state index is 12.9. The van der Waals surface area contributed by atoms with Gasteiger partial charge in [-0.3, -0.25) is 9.69 Å². The molecule has 24 heavy (non-hydrogen) atoms. The molecule has 2 aliphatic rings. The Hall–Kier alpha value is -1.33. The van der Waals surface area contributed by atoms with Crippen molar-refractivity contribution in [2.45, 2.75) is 38.6 Å². The third-order valence-corrected chi connectivity index (χ3v) is 6.03. The van der Waals surface area contributed by atoms with Crippen LogP contribution in [-0.2, 0) is 0 Å². The van der Waals surface area contributed by atoms with Crippen LogP contribution in [0.15, 0.2) is 27.1 Å². The number of fused-ring (bicyclic) bond motifs is 1. The molecule has 1 saturated carbocycles. The highest BCUT2D eigenvalue weighted by Gasteiger charge is 2.30. The molecule has 1 aromatic carbocycles. The van der Waals surface area contributed by atoms with E-state index in [1.807, 2.05) is 30.0 Å². The lowest BCUT2D eigenvalue weighted by atomic mass is 10.1. The van der Waals surface area contributed by atoms with Gasteiger partial charge in [0.25, 0.3) is 5.91 Å². The fraction of sp³-hybridized carbons (Fsp3) is 0.526. The average molecular weight is 391 g/mol. The number of amides is 1. The molecule has 0 radical (unpaired) electrons. The van der Waals surface area contributed by atoms with E-state index in [2.05, 4.69) is 20.8 Å². The predicted octanol–water partition coefficient (Wildman–Crippen LogP) is 4.20. The van der Waals surface area contributed by atoms with Crippen molar-refractivity contribution >= 4 is 32.8 Å². The largest absolute Gasteiger partial charge is 0.451 e. The first kappa shape index (κ1) is 16.2. The van der Waals surface area contributed by atoms with E-state index in [1.54, 1.807) is 0 Å². The number of nitrogens with zero attached hydrogens (tertiary/aromatic N) is 2. The Morgan fingerprint density at radius 2 is 1.88 bits per heavy atom.